The van der Waals surface area contributed by atoms with E-state index in [1.807, 2.05) is 13.8 Å². The van der Waals surface area contributed by atoms with Gasteiger partial charge in [-0.15, -0.1) is 0 Å². The van der Waals surface area contributed by atoms with Crippen LogP contribution in [0.1, 0.15) is 73.6 Å². The lowest BCUT2D eigenvalue weighted by atomic mass is 9.61. The van der Waals surface area contributed by atoms with Crippen LogP contribution >= 0.6 is 0 Å². The van der Waals surface area contributed by atoms with E-state index < -0.39 is 11.8 Å². The van der Waals surface area contributed by atoms with Crippen LogP contribution in [0, 0.1) is 22.7 Å². The van der Waals surface area contributed by atoms with Crippen molar-refractivity contribution in [1.29, 1.82) is 0 Å². The van der Waals surface area contributed by atoms with Crippen LogP contribution in [-0.2, 0) is 19.1 Å². The maximum atomic E-state index is 13.0. The van der Waals surface area contributed by atoms with Crippen LogP contribution in [0.25, 0.3) is 0 Å². The summed E-state index contributed by atoms with van der Waals surface area (Å²) in [5.74, 6) is -1.28. The lowest BCUT2D eigenvalue weighted by Crippen LogP contribution is -2.46. The second-order valence-electron chi connectivity index (χ2n) is 7.32. The zero-order chi connectivity index (χ0) is 18.8. The van der Waals surface area contributed by atoms with Crippen molar-refractivity contribution in [3.63, 3.8) is 0 Å². The number of carbonyl (C=O) groups excluding carboxylic acids is 2. The van der Waals surface area contributed by atoms with E-state index in [9.17, 15) is 9.59 Å². The van der Waals surface area contributed by atoms with Crippen LogP contribution in [0.15, 0.2) is 11.1 Å². The average Bonchev–Trinajstić information content (AvgIpc) is 3.07. The highest BCUT2D eigenvalue weighted by Gasteiger charge is 2.71. The quantitative estimate of drug-likeness (QED) is 0.471. The smallest absolute Gasteiger partial charge is 0.310 e. The van der Waals surface area contributed by atoms with Gasteiger partial charge in [0.25, 0.3) is 0 Å². The van der Waals surface area contributed by atoms with Gasteiger partial charge in [0.05, 0.1) is 25.0 Å². The molecule has 2 aliphatic rings. The number of carbonyl (C=O) groups is 2. The standard InChI is InChI=1S/C21H34O4/c1-7-14-15(8-2)21(10-4)13-20(14,9-3)16(18(22)24-11-5)17(21)19(23)25-12-6/h16-17H,7-13H2,1-6H3. The summed E-state index contributed by atoms with van der Waals surface area (Å²) in [7, 11) is 0. The normalized spacial score (nSPS) is 33.7. The molecular weight excluding hydrogens is 316 g/mol. The second kappa shape index (κ2) is 7.51. The predicted molar refractivity (Wildman–Crippen MR) is 97.9 cm³/mol. The Morgan fingerprint density at radius 3 is 1.40 bits per heavy atom. The number of fused-ring (bicyclic) bond motifs is 2. The van der Waals surface area contributed by atoms with Gasteiger partial charge in [-0.2, -0.15) is 0 Å². The highest BCUT2D eigenvalue weighted by molar-refractivity contribution is 5.87. The molecule has 2 rings (SSSR count). The summed E-state index contributed by atoms with van der Waals surface area (Å²) in [4.78, 5) is 26.0. The third-order valence-electron chi connectivity index (χ3n) is 6.77. The van der Waals surface area contributed by atoms with Gasteiger partial charge in [-0.25, -0.2) is 0 Å². The molecule has 4 nitrogen and oxygen atoms in total. The molecule has 0 aliphatic heterocycles. The Kier molecular flexibility index (Phi) is 6.01. The molecule has 4 atom stereocenters. The lowest BCUT2D eigenvalue weighted by molar-refractivity contribution is -0.165. The third-order valence-corrected chi connectivity index (χ3v) is 6.77. The first kappa shape index (κ1) is 20.0. The Morgan fingerprint density at radius 2 is 1.16 bits per heavy atom. The van der Waals surface area contributed by atoms with E-state index in [1.165, 1.54) is 11.1 Å². The van der Waals surface area contributed by atoms with E-state index in [0.29, 0.717) is 13.2 Å². The molecule has 2 bridgehead atoms. The van der Waals surface area contributed by atoms with Crippen LogP contribution in [0.2, 0.25) is 0 Å². The number of allylic oxidation sites excluding steroid dienone is 2. The molecule has 0 heterocycles. The molecule has 1 fully saturated rings. The minimum atomic E-state index is -0.415. The summed E-state index contributed by atoms with van der Waals surface area (Å²) in [6.07, 6.45) is 4.47. The van der Waals surface area contributed by atoms with E-state index in [1.54, 1.807) is 0 Å². The number of esters is 2. The summed E-state index contributed by atoms with van der Waals surface area (Å²) in [5, 5.41) is 0. The number of hydrogen-bond acceptors (Lipinski definition) is 4. The van der Waals surface area contributed by atoms with Crippen molar-refractivity contribution in [2.24, 2.45) is 22.7 Å². The first-order chi connectivity index (χ1) is 11.9. The summed E-state index contributed by atoms with van der Waals surface area (Å²) in [6.45, 7) is 13.0. The van der Waals surface area contributed by atoms with Crippen molar-refractivity contribution in [3.8, 4) is 0 Å². The van der Waals surface area contributed by atoms with Gasteiger partial charge in [-0.3, -0.25) is 9.59 Å². The molecule has 0 spiro atoms. The molecule has 0 radical (unpaired) electrons. The monoisotopic (exact) mass is 350 g/mol. The van der Waals surface area contributed by atoms with E-state index in [4.69, 9.17) is 9.47 Å². The Morgan fingerprint density at radius 1 is 0.800 bits per heavy atom. The number of hydrogen-bond donors (Lipinski definition) is 0. The van der Waals surface area contributed by atoms with Gasteiger partial charge in [0.15, 0.2) is 0 Å². The largest absolute Gasteiger partial charge is 0.466 e. The number of rotatable bonds is 8. The summed E-state index contributed by atoms with van der Waals surface area (Å²) >= 11 is 0. The highest BCUT2D eigenvalue weighted by Crippen LogP contribution is 2.73. The van der Waals surface area contributed by atoms with Crippen molar-refractivity contribution in [3.05, 3.63) is 11.1 Å². The second-order valence-corrected chi connectivity index (χ2v) is 7.32. The first-order valence-corrected chi connectivity index (χ1v) is 10.00. The minimum absolute atomic E-state index is 0.223. The number of ether oxygens (including phenoxy) is 2. The molecule has 0 saturated heterocycles. The highest BCUT2D eigenvalue weighted by atomic mass is 16.5. The van der Waals surface area contributed by atoms with Gasteiger partial charge in [0, 0.05) is 10.8 Å². The predicted octanol–water partition coefficient (Wildman–Crippen LogP) is 4.67. The van der Waals surface area contributed by atoms with Crippen molar-refractivity contribution >= 4 is 11.9 Å². The van der Waals surface area contributed by atoms with Gasteiger partial charge in [0.2, 0.25) is 0 Å². The SMILES string of the molecule is CCOC(=O)C1C(C(=O)OCC)C2(CC)CC1(CC)C(CC)=C2CC. The molecule has 2 aliphatic carbocycles. The van der Waals surface area contributed by atoms with Crippen molar-refractivity contribution in [2.75, 3.05) is 13.2 Å². The molecular formula is C21H34O4. The molecule has 0 N–H and O–H groups in total. The molecule has 0 aromatic heterocycles. The molecule has 0 aromatic carbocycles. The van der Waals surface area contributed by atoms with Gasteiger partial charge in [0.1, 0.15) is 0 Å². The minimum Gasteiger partial charge on any atom is -0.466 e. The van der Waals surface area contributed by atoms with Crippen LogP contribution in [0.4, 0.5) is 0 Å². The molecule has 4 heteroatoms. The van der Waals surface area contributed by atoms with Crippen LogP contribution in [-0.4, -0.2) is 25.2 Å². The third kappa shape index (κ3) is 2.63. The maximum absolute atomic E-state index is 13.0. The average molecular weight is 350 g/mol. The van der Waals surface area contributed by atoms with Crippen molar-refractivity contribution in [1.82, 2.24) is 0 Å². The van der Waals surface area contributed by atoms with E-state index >= 15 is 0 Å². The fourth-order valence-corrected chi connectivity index (χ4v) is 6.05. The Balaban J connectivity index is 2.70. The van der Waals surface area contributed by atoms with E-state index in [0.717, 1.165) is 32.1 Å². The molecule has 1 saturated carbocycles. The fourth-order valence-electron chi connectivity index (χ4n) is 6.05. The van der Waals surface area contributed by atoms with Crippen molar-refractivity contribution in [2.45, 2.75) is 73.6 Å². The molecule has 0 aromatic rings. The molecule has 4 unspecified atom stereocenters. The first-order valence-electron chi connectivity index (χ1n) is 10.00. The van der Waals surface area contributed by atoms with E-state index in [2.05, 4.69) is 27.7 Å². The van der Waals surface area contributed by atoms with Crippen LogP contribution in [0.5, 0.6) is 0 Å². The van der Waals surface area contributed by atoms with Gasteiger partial charge in [-0.1, -0.05) is 38.8 Å². The van der Waals surface area contributed by atoms with Gasteiger partial charge < -0.3 is 9.47 Å². The topological polar surface area (TPSA) is 52.6 Å². The van der Waals surface area contributed by atoms with Gasteiger partial charge in [-0.05, 0) is 46.0 Å². The Hall–Kier alpha value is -1.32. The maximum Gasteiger partial charge on any atom is 0.310 e. The summed E-state index contributed by atoms with van der Waals surface area (Å²) in [5.41, 5.74) is 2.30. The summed E-state index contributed by atoms with van der Waals surface area (Å²) in [6, 6.07) is 0. The zero-order valence-corrected chi connectivity index (χ0v) is 16.7. The fraction of sp³-hybridized carbons (Fsp3) is 0.810. The molecule has 25 heavy (non-hydrogen) atoms. The van der Waals surface area contributed by atoms with Gasteiger partial charge >= 0.3 is 11.9 Å². The molecule has 142 valence electrons. The Labute approximate surface area is 152 Å². The molecule has 0 amide bonds. The van der Waals surface area contributed by atoms with Crippen LogP contribution in [0.3, 0.4) is 0 Å². The summed E-state index contributed by atoms with van der Waals surface area (Å²) < 4.78 is 10.9. The Bertz CT molecular complexity index is 516. The zero-order valence-electron chi connectivity index (χ0n) is 16.7. The van der Waals surface area contributed by atoms with E-state index in [-0.39, 0.29) is 22.8 Å². The van der Waals surface area contributed by atoms with Crippen LogP contribution < -0.4 is 0 Å². The lowest BCUT2D eigenvalue weighted by Gasteiger charge is -2.42. The van der Waals surface area contributed by atoms with Crippen molar-refractivity contribution < 1.29 is 19.1 Å².